The van der Waals surface area contributed by atoms with Crippen LogP contribution in [-0.4, -0.2) is 19.5 Å². The van der Waals surface area contributed by atoms with Gasteiger partial charge < -0.3 is 9.84 Å². The Labute approximate surface area is 161 Å². The van der Waals surface area contributed by atoms with Crippen LogP contribution in [0.25, 0.3) is 0 Å². The summed E-state index contributed by atoms with van der Waals surface area (Å²) in [5.41, 5.74) is 2.05. The first-order valence-corrected chi connectivity index (χ1v) is 9.83. The molecule has 146 valence electrons. The fraction of sp³-hybridized carbons (Fsp3) is 0.158. The van der Waals surface area contributed by atoms with Gasteiger partial charge in [0.2, 0.25) is 0 Å². The number of nitrogens with zero attached hydrogens (tertiary/aromatic N) is 1. The van der Waals surface area contributed by atoms with E-state index in [0.29, 0.717) is 17.0 Å². The normalized spacial score (nSPS) is 11.2. The van der Waals surface area contributed by atoms with Crippen molar-refractivity contribution in [3.63, 3.8) is 0 Å². The minimum absolute atomic E-state index is 0.0147. The van der Waals surface area contributed by atoms with E-state index in [1.807, 2.05) is 0 Å². The molecular weight excluding hydrogens is 385 g/mol. The Balaban J connectivity index is 1.68. The zero-order valence-electron chi connectivity index (χ0n) is 15.2. The van der Waals surface area contributed by atoms with Crippen molar-refractivity contribution in [3.05, 3.63) is 76.9 Å². The fourth-order valence-electron chi connectivity index (χ4n) is 2.54. The summed E-state index contributed by atoms with van der Waals surface area (Å²) in [5.74, 6) is -0.184. The second-order valence-electron chi connectivity index (χ2n) is 6.12. The predicted octanol–water partition coefficient (Wildman–Crippen LogP) is 3.16. The molecule has 2 aromatic carbocycles. The van der Waals surface area contributed by atoms with Gasteiger partial charge in [-0.1, -0.05) is 5.16 Å². The minimum Gasteiger partial charge on any atom is -0.361 e. The van der Waals surface area contributed by atoms with Crippen molar-refractivity contribution < 1.29 is 22.1 Å². The maximum absolute atomic E-state index is 12.9. The third kappa shape index (κ3) is 4.37. The van der Waals surface area contributed by atoms with Gasteiger partial charge in [0.25, 0.3) is 15.9 Å². The highest BCUT2D eigenvalue weighted by Crippen LogP contribution is 2.17. The summed E-state index contributed by atoms with van der Waals surface area (Å²) in [5, 5.41) is 6.57. The van der Waals surface area contributed by atoms with Gasteiger partial charge >= 0.3 is 0 Å². The first-order chi connectivity index (χ1) is 13.3. The van der Waals surface area contributed by atoms with Crippen LogP contribution in [0.5, 0.6) is 0 Å². The molecule has 0 radical (unpaired) electrons. The molecule has 1 amide bonds. The molecule has 0 unspecified atom stereocenters. The number of hydrogen-bond acceptors (Lipinski definition) is 5. The first kappa shape index (κ1) is 19.6. The molecule has 0 bridgehead atoms. The molecule has 2 N–H and O–H groups in total. The number of benzene rings is 2. The predicted molar refractivity (Wildman–Crippen MR) is 101 cm³/mol. The van der Waals surface area contributed by atoms with Gasteiger partial charge in [-0.25, -0.2) is 12.8 Å². The average molecular weight is 403 g/mol. The number of aryl methyl sites for hydroxylation is 2. The van der Waals surface area contributed by atoms with Crippen molar-refractivity contribution >= 4 is 21.6 Å². The van der Waals surface area contributed by atoms with Crippen LogP contribution >= 0.6 is 0 Å². The Kier molecular flexibility index (Phi) is 5.46. The molecular formula is C19H18FN3O4S. The zero-order valence-corrected chi connectivity index (χ0v) is 16.0. The Morgan fingerprint density at radius 3 is 2.29 bits per heavy atom. The van der Waals surface area contributed by atoms with Crippen molar-refractivity contribution in [2.45, 2.75) is 25.3 Å². The number of amides is 1. The number of nitrogens with one attached hydrogen (secondary N) is 2. The molecule has 9 heteroatoms. The number of rotatable bonds is 6. The van der Waals surface area contributed by atoms with E-state index < -0.39 is 15.8 Å². The molecule has 0 spiro atoms. The van der Waals surface area contributed by atoms with E-state index >= 15 is 0 Å². The van der Waals surface area contributed by atoms with E-state index in [2.05, 4.69) is 15.2 Å². The van der Waals surface area contributed by atoms with Crippen molar-refractivity contribution in [1.29, 1.82) is 0 Å². The third-order valence-corrected chi connectivity index (χ3v) is 5.53. The van der Waals surface area contributed by atoms with Crippen LogP contribution in [0, 0.1) is 19.7 Å². The Bertz CT molecular complexity index is 1070. The molecule has 0 aliphatic carbocycles. The zero-order chi connectivity index (χ0) is 20.3. The van der Waals surface area contributed by atoms with Crippen LogP contribution in [-0.2, 0) is 16.6 Å². The molecule has 0 aliphatic heterocycles. The van der Waals surface area contributed by atoms with Crippen LogP contribution in [0.3, 0.4) is 0 Å². The lowest BCUT2D eigenvalue weighted by molar-refractivity contribution is 0.0950. The number of anilines is 1. The Morgan fingerprint density at radius 2 is 1.71 bits per heavy atom. The van der Waals surface area contributed by atoms with Crippen LogP contribution in [0.1, 0.15) is 27.4 Å². The Morgan fingerprint density at radius 1 is 1.07 bits per heavy atom. The largest absolute Gasteiger partial charge is 0.361 e. The second-order valence-corrected chi connectivity index (χ2v) is 7.80. The van der Waals surface area contributed by atoms with Crippen molar-refractivity contribution in [2.24, 2.45) is 0 Å². The van der Waals surface area contributed by atoms with Gasteiger partial charge in [-0.05, 0) is 62.4 Å². The van der Waals surface area contributed by atoms with E-state index in [0.717, 1.165) is 17.7 Å². The van der Waals surface area contributed by atoms with E-state index in [1.165, 1.54) is 36.4 Å². The second kappa shape index (κ2) is 7.81. The molecule has 7 nitrogen and oxygen atoms in total. The van der Waals surface area contributed by atoms with Gasteiger partial charge in [-0.2, -0.15) is 0 Å². The molecule has 3 rings (SSSR count). The number of halogens is 1. The van der Waals surface area contributed by atoms with E-state index in [-0.39, 0.29) is 23.0 Å². The SMILES string of the molecule is Cc1noc(C)c1CNC(=O)c1ccc(S(=O)(=O)Nc2ccc(F)cc2)cc1. The van der Waals surface area contributed by atoms with Gasteiger partial charge in [0.1, 0.15) is 11.6 Å². The lowest BCUT2D eigenvalue weighted by Crippen LogP contribution is -2.23. The maximum atomic E-state index is 12.9. The van der Waals surface area contributed by atoms with Crippen LogP contribution < -0.4 is 10.0 Å². The molecule has 1 aromatic heterocycles. The van der Waals surface area contributed by atoms with Crippen LogP contribution in [0.4, 0.5) is 10.1 Å². The summed E-state index contributed by atoms with van der Waals surface area (Å²) in [6, 6.07) is 10.5. The molecule has 28 heavy (non-hydrogen) atoms. The smallest absolute Gasteiger partial charge is 0.261 e. The average Bonchev–Trinajstić information content (AvgIpc) is 2.99. The molecule has 0 fully saturated rings. The molecule has 1 heterocycles. The standard InChI is InChI=1S/C19H18FN3O4S/c1-12-18(13(2)27-22-12)11-21-19(24)14-3-9-17(10-4-14)28(25,26)23-16-7-5-15(20)6-8-16/h3-10,23H,11H2,1-2H3,(H,21,24). The van der Waals surface area contributed by atoms with Crippen LogP contribution in [0.2, 0.25) is 0 Å². The number of carbonyl (C=O) groups excluding carboxylic acids is 1. The summed E-state index contributed by atoms with van der Waals surface area (Å²) in [4.78, 5) is 12.3. The number of hydrogen-bond donors (Lipinski definition) is 2. The van der Waals surface area contributed by atoms with Gasteiger partial charge in [0, 0.05) is 23.4 Å². The van der Waals surface area contributed by atoms with Crippen molar-refractivity contribution in [1.82, 2.24) is 10.5 Å². The highest BCUT2D eigenvalue weighted by atomic mass is 32.2. The maximum Gasteiger partial charge on any atom is 0.261 e. The highest BCUT2D eigenvalue weighted by Gasteiger charge is 2.16. The van der Waals surface area contributed by atoms with Gasteiger partial charge in [0.15, 0.2) is 0 Å². The topological polar surface area (TPSA) is 101 Å². The summed E-state index contributed by atoms with van der Waals surface area (Å²) in [6.07, 6.45) is 0. The first-order valence-electron chi connectivity index (χ1n) is 8.34. The van der Waals surface area contributed by atoms with Crippen molar-refractivity contribution in [3.8, 4) is 0 Å². The monoisotopic (exact) mass is 403 g/mol. The molecule has 0 saturated carbocycles. The third-order valence-electron chi connectivity index (χ3n) is 4.13. The quantitative estimate of drug-likeness (QED) is 0.658. The Hall–Kier alpha value is -3.20. The number of carbonyl (C=O) groups is 1. The minimum atomic E-state index is -3.85. The lowest BCUT2D eigenvalue weighted by Gasteiger charge is -2.09. The van der Waals surface area contributed by atoms with Gasteiger partial charge in [-0.3, -0.25) is 9.52 Å². The summed E-state index contributed by atoms with van der Waals surface area (Å²) in [6.45, 7) is 3.80. The molecule has 0 aliphatic rings. The molecule has 0 saturated heterocycles. The van der Waals surface area contributed by atoms with Gasteiger partial charge in [-0.15, -0.1) is 0 Å². The summed E-state index contributed by atoms with van der Waals surface area (Å²) < 4.78 is 45.1. The molecule has 0 atom stereocenters. The number of aromatic nitrogens is 1. The van der Waals surface area contributed by atoms with E-state index in [9.17, 15) is 17.6 Å². The van der Waals surface area contributed by atoms with Crippen LogP contribution in [0.15, 0.2) is 57.9 Å². The number of sulfonamides is 1. The fourth-order valence-corrected chi connectivity index (χ4v) is 3.60. The highest BCUT2D eigenvalue weighted by molar-refractivity contribution is 7.92. The lowest BCUT2D eigenvalue weighted by atomic mass is 10.2. The molecule has 3 aromatic rings. The van der Waals surface area contributed by atoms with Gasteiger partial charge in [0.05, 0.1) is 10.6 Å². The van der Waals surface area contributed by atoms with Crippen molar-refractivity contribution in [2.75, 3.05) is 4.72 Å². The summed E-state index contributed by atoms with van der Waals surface area (Å²) in [7, 11) is -3.85. The van der Waals surface area contributed by atoms with E-state index in [1.54, 1.807) is 13.8 Å². The van der Waals surface area contributed by atoms with E-state index in [4.69, 9.17) is 4.52 Å². The summed E-state index contributed by atoms with van der Waals surface area (Å²) >= 11 is 0.